The zero-order valence-electron chi connectivity index (χ0n) is 12.3. The first kappa shape index (κ1) is 17.4. The Labute approximate surface area is 123 Å². The first-order valence-corrected chi connectivity index (χ1v) is 6.94. The van der Waals surface area contributed by atoms with E-state index in [-0.39, 0.29) is 24.1 Å². The molecule has 1 atom stereocenters. The van der Waals surface area contributed by atoms with E-state index >= 15 is 0 Å². The van der Waals surface area contributed by atoms with Gasteiger partial charge < -0.3 is 15.8 Å². The van der Waals surface area contributed by atoms with Crippen LogP contribution in [0.3, 0.4) is 0 Å². The second kappa shape index (κ2) is 8.56. The second-order valence-electron chi connectivity index (χ2n) is 5.29. The molecule has 3 N–H and O–H groups in total. The van der Waals surface area contributed by atoms with Crippen LogP contribution in [0.1, 0.15) is 25.8 Å². The van der Waals surface area contributed by atoms with Gasteiger partial charge in [-0.3, -0.25) is 4.79 Å². The largest absolute Gasteiger partial charge is 0.435 e. The Morgan fingerprint density at radius 3 is 2.57 bits per heavy atom. The number of carbonyl (C=O) groups excluding carboxylic acids is 1. The summed E-state index contributed by atoms with van der Waals surface area (Å²) in [7, 11) is 0. The molecule has 0 fully saturated rings. The smallest absolute Gasteiger partial charge is 0.387 e. The molecule has 0 aliphatic heterocycles. The van der Waals surface area contributed by atoms with Crippen molar-refractivity contribution >= 4 is 5.91 Å². The van der Waals surface area contributed by atoms with E-state index < -0.39 is 6.61 Å². The fourth-order valence-corrected chi connectivity index (χ4v) is 2.10. The minimum absolute atomic E-state index is 0.0164. The molecule has 1 unspecified atom stereocenters. The Kier molecular flexibility index (Phi) is 7.08. The van der Waals surface area contributed by atoms with Crippen LogP contribution in [0, 0.1) is 5.92 Å². The van der Waals surface area contributed by atoms with Crippen molar-refractivity contribution in [2.75, 3.05) is 6.54 Å². The summed E-state index contributed by atoms with van der Waals surface area (Å²) in [5, 5.41) is 2.82. The molecule has 1 rings (SSSR count). The normalized spacial score (nSPS) is 12.5. The van der Waals surface area contributed by atoms with Crippen molar-refractivity contribution in [1.29, 1.82) is 0 Å². The lowest BCUT2D eigenvalue weighted by Crippen LogP contribution is -2.41. The van der Waals surface area contributed by atoms with Crippen molar-refractivity contribution < 1.29 is 18.3 Å². The standard InChI is InChI=1S/C15H22F2N2O2/c1-10(2)7-12(9-18)19-14(20)8-11-5-3-4-6-13(11)21-15(16)17/h3-6,10,12,15H,7-9,18H2,1-2H3,(H,19,20). The SMILES string of the molecule is CC(C)CC(CN)NC(=O)Cc1ccccc1OC(F)F. The third-order valence-electron chi connectivity index (χ3n) is 2.95. The van der Waals surface area contributed by atoms with Crippen LogP contribution in [0.4, 0.5) is 8.78 Å². The molecule has 4 nitrogen and oxygen atoms in total. The van der Waals surface area contributed by atoms with E-state index in [4.69, 9.17) is 5.73 Å². The highest BCUT2D eigenvalue weighted by Gasteiger charge is 2.15. The first-order valence-electron chi connectivity index (χ1n) is 6.94. The third-order valence-corrected chi connectivity index (χ3v) is 2.95. The van der Waals surface area contributed by atoms with E-state index in [2.05, 4.69) is 10.1 Å². The number of nitrogens with one attached hydrogen (secondary N) is 1. The average molecular weight is 300 g/mol. The molecular formula is C15H22F2N2O2. The number of hydrogen-bond donors (Lipinski definition) is 2. The van der Waals surface area contributed by atoms with Crippen LogP contribution in [0.25, 0.3) is 0 Å². The Balaban J connectivity index is 2.65. The summed E-state index contributed by atoms with van der Waals surface area (Å²) in [6, 6.07) is 6.16. The molecule has 1 aromatic rings. The number of rotatable bonds is 8. The molecule has 1 aromatic carbocycles. The number of hydrogen-bond acceptors (Lipinski definition) is 3. The lowest BCUT2D eigenvalue weighted by Gasteiger charge is -2.19. The van der Waals surface area contributed by atoms with Crippen LogP contribution >= 0.6 is 0 Å². The van der Waals surface area contributed by atoms with E-state index in [9.17, 15) is 13.6 Å². The molecule has 21 heavy (non-hydrogen) atoms. The van der Waals surface area contributed by atoms with Crippen molar-refractivity contribution in [3.8, 4) is 5.75 Å². The molecule has 0 aromatic heterocycles. The van der Waals surface area contributed by atoms with E-state index in [0.29, 0.717) is 18.0 Å². The molecule has 6 heteroatoms. The predicted octanol–water partition coefficient (Wildman–Crippen LogP) is 2.32. The Bertz CT molecular complexity index is 453. The summed E-state index contributed by atoms with van der Waals surface area (Å²) >= 11 is 0. The van der Waals surface area contributed by atoms with Crippen molar-refractivity contribution in [2.24, 2.45) is 11.7 Å². The number of nitrogens with two attached hydrogens (primary N) is 1. The van der Waals surface area contributed by atoms with Gasteiger partial charge in [-0.15, -0.1) is 0 Å². The molecule has 0 bridgehead atoms. The van der Waals surface area contributed by atoms with Gasteiger partial charge in [0.15, 0.2) is 0 Å². The lowest BCUT2D eigenvalue weighted by molar-refractivity contribution is -0.121. The van der Waals surface area contributed by atoms with E-state index in [1.54, 1.807) is 18.2 Å². The van der Waals surface area contributed by atoms with Gasteiger partial charge in [0.25, 0.3) is 0 Å². The zero-order chi connectivity index (χ0) is 15.8. The molecule has 0 aliphatic rings. The molecule has 0 heterocycles. The lowest BCUT2D eigenvalue weighted by atomic mass is 10.0. The van der Waals surface area contributed by atoms with Crippen LogP contribution in [0.15, 0.2) is 24.3 Å². The highest BCUT2D eigenvalue weighted by molar-refractivity contribution is 5.79. The van der Waals surface area contributed by atoms with Gasteiger partial charge in [0.05, 0.1) is 6.42 Å². The molecule has 0 saturated carbocycles. The summed E-state index contributed by atoms with van der Waals surface area (Å²) in [6.45, 7) is 1.52. The van der Waals surface area contributed by atoms with E-state index in [1.165, 1.54) is 6.07 Å². The van der Waals surface area contributed by atoms with E-state index in [0.717, 1.165) is 6.42 Å². The number of ether oxygens (including phenoxy) is 1. The topological polar surface area (TPSA) is 64.3 Å². The highest BCUT2D eigenvalue weighted by Crippen LogP contribution is 2.20. The predicted molar refractivity (Wildman–Crippen MR) is 77.2 cm³/mol. The molecule has 0 spiro atoms. The van der Waals surface area contributed by atoms with Crippen LogP contribution in [0.5, 0.6) is 5.75 Å². The summed E-state index contributed by atoms with van der Waals surface area (Å²) in [5.41, 5.74) is 6.05. The quantitative estimate of drug-likeness (QED) is 0.774. The fourth-order valence-electron chi connectivity index (χ4n) is 2.10. The van der Waals surface area contributed by atoms with Gasteiger partial charge >= 0.3 is 6.61 Å². The average Bonchev–Trinajstić information content (AvgIpc) is 2.39. The maximum absolute atomic E-state index is 12.3. The maximum Gasteiger partial charge on any atom is 0.387 e. The Morgan fingerprint density at radius 2 is 2.00 bits per heavy atom. The molecule has 0 aliphatic carbocycles. The summed E-state index contributed by atoms with van der Waals surface area (Å²) in [5.74, 6) is 0.181. The molecular weight excluding hydrogens is 278 g/mol. The maximum atomic E-state index is 12.3. The summed E-state index contributed by atoms with van der Waals surface area (Å²) in [4.78, 5) is 12.0. The monoisotopic (exact) mass is 300 g/mol. The minimum atomic E-state index is -2.91. The Morgan fingerprint density at radius 1 is 1.33 bits per heavy atom. The number of para-hydroxylation sites is 1. The second-order valence-corrected chi connectivity index (χ2v) is 5.29. The molecule has 0 saturated heterocycles. The minimum Gasteiger partial charge on any atom is -0.435 e. The van der Waals surface area contributed by atoms with Gasteiger partial charge in [-0.25, -0.2) is 0 Å². The Hall–Kier alpha value is -1.69. The van der Waals surface area contributed by atoms with Crippen LogP contribution < -0.4 is 15.8 Å². The van der Waals surface area contributed by atoms with Gasteiger partial charge in [-0.2, -0.15) is 8.78 Å². The number of carbonyl (C=O) groups is 1. The number of benzene rings is 1. The number of halogens is 2. The van der Waals surface area contributed by atoms with Crippen LogP contribution in [-0.4, -0.2) is 25.1 Å². The number of alkyl halides is 2. The fraction of sp³-hybridized carbons (Fsp3) is 0.533. The van der Waals surface area contributed by atoms with Gasteiger partial charge in [-0.05, 0) is 18.4 Å². The van der Waals surface area contributed by atoms with Crippen molar-refractivity contribution in [2.45, 2.75) is 39.3 Å². The van der Waals surface area contributed by atoms with Gasteiger partial charge in [0, 0.05) is 18.2 Å². The zero-order valence-corrected chi connectivity index (χ0v) is 12.3. The highest BCUT2D eigenvalue weighted by atomic mass is 19.3. The van der Waals surface area contributed by atoms with Gasteiger partial charge in [-0.1, -0.05) is 32.0 Å². The molecule has 0 radical (unpaired) electrons. The van der Waals surface area contributed by atoms with Crippen LogP contribution in [0.2, 0.25) is 0 Å². The van der Waals surface area contributed by atoms with Crippen molar-refractivity contribution in [1.82, 2.24) is 5.32 Å². The van der Waals surface area contributed by atoms with Crippen molar-refractivity contribution in [3.05, 3.63) is 29.8 Å². The number of amides is 1. The van der Waals surface area contributed by atoms with Crippen molar-refractivity contribution in [3.63, 3.8) is 0 Å². The van der Waals surface area contributed by atoms with Gasteiger partial charge in [0.1, 0.15) is 5.75 Å². The first-order chi connectivity index (χ1) is 9.92. The van der Waals surface area contributed by atoms with E-state index in [1.807, 2.05) is 13.8 Å². The molecule has 1 amide bonds. The summed E-state index contributed by atoms with van der Waals surface area (Å²) in [6.07, 6.45) is 0.759. The third kappa shape index (κ3) is 6.53. The van der Waals surface area contributed by atoms with Crippen LogP contribution in [-0.2, 0) is 11.2 Å². The van der Waals surface area contributed by atoms with Gasteiger partial charge in [0.2, 0.25) is 5.91 Å². The molecule has 118 valence electrons. The summed E-state index contributed by atoms with van der Waals surface area (Å²) < 4.78 is 29.0.